The maximum Gasteiger partial charge on any atom is 0.241 e. The number of methoxy groups -OCH3 is 1. The summed E-state index contributed by atoms with van der Waals surface area (Å²) < 4.78 is 10.8. The summed E-state index contributed by atoms with van der Waals surface area (Å²) in [7, 11) is 1.70. The highest BCUT2D eigenvalue weighted by Crippen LogP contribution is 2.23. The van der Waals surface area contributed by atoms with E-state index in [0.29, 0.717) is 18.3 Å². The molecule has 6 heteroatoms. The monoisotopic (exact) mass is 364 g/mol. The van der Waals surface area contributed by atoms with Crippen LogP contribution >= 0.6 is 0 Å². The van der Waals surface area contributed by atoms with E-state index in [2.05, 4.69) is 45.1 Å². The average Bonchev–Trinajstić information content (AvgIpc) is 3.17. The molecule has 27 heavy (non-hydrogen) atoms. The Hall–Kier alpha value is -2.86. The molecule has 0 radical (unpaired) electrons. The van der Waals surface area contributed by atoms with Crippen LogP contribution in [0.25, 0.3) is 11.4 Å². The third-order valence-electron chi connectivity index (χ3n) is 5.00. The zero-order valence-electron chi connectivity index (χ0n) is 15.8. The molecule has 0 bridgehead atoms. The molecule has 1 fully saturated rings. The summed E-state index contributed by atoms with van der Waals surface area (Å²) in [6, 6.07) is 16.3. The number of hydrogen-bond acceptors (Lipinski definition) is 6. The van der Waals surface area contributed by atoms with Crippen LogP contribution in [0.2, 0.25) is 0 Å². The van der Waals surface area contributed by atoms with Crippen molar-refractivity contribution in [3.63, 3.8) is 0 Å². The summed E-state index contributed by atoms with van der Waals surface area (Å²) in [5.74, 6) is 2.23. The summed E-state index contributed by atoms with van der Waals surface area (Å²) in [5, 5.41) is 4.16. The Balaban J connectivity index is 1.36. The Morgan fingerprint density at radius 3 is 2.63 bits per heavy atom. The maximum absolute atomic E-state index is 5.49. The zero-order valence-corrected chi connectivity index (χ0v) is 15.8. The summed E-state index contributed by atoms with van der Waals surface area (Å²) in [4.78, 5) is 9.32. The van der Waals surface area contributed by atoms with Gasteiger partial charge < -0.3 is 14.2 Å². The van der Waals surface area contributed by atoms with Gasteiger partial charge in [-0.05, 0) is 24.6 Å². The standard InChI is InChI=1S/C21H24N4O2/c1-16-6-3-4-9-19(16)21-22-20(27-23-21)15-24-10-12-25(13-11-24)17-7-5-8-18(14-17)26-2/h3-9,14H,10-13,15H2,1-2H3. The Morgan fingerprint density at radius 2 is 1.85 bits per heavy atom. The molecule has 0 spiro atoms. The molecule has 0 saturated carbocycles. The predicted molar refractivity (Wildman–Crippen MR) is 105 cm³/mol. The van der Waals surface area contributed by atoms with Crippen LogP contribution in [0, 0.1) is 6.92 Å². The van der Waals surface area contributed by atoms with Gasteiger partial charge >= 0.3 is 0 Å². The van der Waals surface area contributed by atoms with Gasteiger partial charge in [-0.2, -0.15) is 4.98 Å². The highest BCUT2D eigenvalue weighted by Gasteiger charge is 2.20. The van der Waals surface area contributed by atoms with Gasteiger partial charge in [-0.15, -0.1) is 0 Å². The smallest absolute Gasteiger partial charge is 0.241 e. The van der Waals surface area contributed by atoms with Crippen molar-refractivity contribution in [2.24, 2.45) is 0 Å². The van der Waals surface area contributed by atoms with E-state index in [-0.39, 0.29) is 0 Å². The fraction of sp³-hybridized carbons (Fsp3) is 0.333. The zero-order chi connectivity index (χ0) is 18.6. The van der Waals surface area contributed by atoms with Gasteiger partial charge in [0.05, 0.1) is 13.7 Å². The quantitative estimate of drug-likeness (QED) is 0.692. The molecule has 6 nitrogen and oxygen atoms in total. The Bertz CT molecular complexity index is 900. The van der Waals surface area contributed by atoms with E-state index in [4.69, 9.17) is 9.26 Å². The number of hydrogen-bond donors (Lipinski definition) is 0. The van der Waals surface area contributed by atoms with Gasteiger partial charge in [0.2, 0.25) is 11.7 Å². The van der Waals surface area contributed by atoms with Crippen LogP contribution in [-0.4, -0.2) is 48.3 Å². The second kappa shape index (κ2) is 7.80. The number of piperazine rings is 1. The minimum Gasteiger partial charge on any atom is -0.497 e. The first-order valence-corrected chi connectivity index (χ1v) is 9.23. The van der Waals surface area contributed by atoms with Gasteiger partial charge in [0, 0.05) is 43.5 Å². The molecule has 4 rings (SSSR count). The lowest BCUT2D eigenvalue weighted by Crippen LogP contribution is -2.46. The number of nitrogens with zero attached hydrogens (tertiary/aromatic N) is 4. The van der Waals surface area contributed by atoms with E-state index in [1.165, 1.54) is 5.69 Å². The van der Waals surface area contributed by atoms with Crippen molar-refractivity contribution in [2.75, 3.05) is 38.2 Å². The molecule has 140 valence electrons. The lowest BCUT2D eigenvalue weighted by Gasteiger charge is -2.35. The number of ether oxygens (including phenoxy) is 1. The number of aromatic nitrogens is 2. The fourth-order valence-electron chi connectivity index (χ4n) is 3.41. The molecular formula is C21H24N4O2. The van der Waals surface area contributed by atoms with Crippen LogP contribution in [0.1, 0.15) is 11.5 Å². The van der Waals surface area contributed by atoms with Gasteiger partial charge in [0.15, 0.2) is 0 Å². The van der Waals surface area contributed by atoms with Crippen molar-refractivity contribution in [1.29, 1.82) is 0 Å². The van der Waals surface area contributed by atoms with Crippen LogP contribution in [0.3, 0.4) is 0 Å². The van der Waals surface area contributed by atoms with Gasteiger partial charge in [-0.3, -0.25) is 4.90 Å². The van der Waals surface area contributed by atoms with E-state index >= 15 is 0 Å². The van der Waals surface area contributed by atoms with Crippen molar-refractivity contribution in [3.05, 3.63) is 60.0 Å². The number of benzene rings is 2. The van der Waals surface area contributed by atoms with Crippen molar-refractivity contribution in [1.82, 2.24) is 15.0 Å². The molecule has 0 atom stereocenters. The Morgan fingerprint density at radius 1 is 1.04 bits per heavy atom. The molecule has 0 N–H and O–H groups in total. The second-order valence-electron chi connectivity index (χ2n) is 6.79. The molecule has 1 aliphatic rings. The van der Waals surface area contributed by atoms with Crippen LogP contribution < -0.4 is 9.64 Å². The molecule has 1 aromatic heterocycles. The molecule has 3 aromatic rings. The summed E-state index contributed by atoms with van der Waals surface area (Å²) in [6.45, 7) is 6.59. The van der Waals surface area contributed by atoms with Crippen LogP contribution in [0.4, 0.5) is 5.69 Å². The minimum absolute atomic E-state index is 0.665. The van der Waals surface area contributed by atoms with Crippen molar-refractivity contribution >= 4 is 5.69 Å². The first kappa shape index (κ1) is 17.5. The minimum atomic E-state index is 0.665. The van der Waals surface area contributed by atoms with Crippen LogP contribution in [0.5, 0.6) is 5.75 Å². The average molecular weight is 364 g/mol. The van der Waals surface area contributed by atoms with Crippen molar-refractivity contribution in [2.45, 2.75) is 13.5 Å². The topological polar surface area (TPSA) is 54.6 Å². The first-order chi connectivity index (χ1) is 13.2. The molecule has 1 saturated heterocycles. The molecule has 0 amide bonds. The van der Waals surface area contributed by atoms with Gasteiger partial charge in [-0.25, -0.2) is 0 Å². The van der Waals surface area contributed by atoms with E-state index in [0.717, 1.165) is 43.1 Å². The van der Waals surface area contributed by atoms with E-state index in [1.807, 2.05) is 30.3 Å². The number of rotatable bonds is 5. The summed E-state index contributed by atoms with van der Waals surface area (Å²) in [5.41, 5.74) is 3.38. The SMILES string of the molecule is COc1cccc(N2CCN(Cc3nc(-c4ccccc4C)no3)CC2)c1. The molecule has 0 aliphatic carbocycles. The second-order valence-corrected chi connectivity index (χ2v) is 6.79. The highest BCUT2D eigenvalue weighted by molar-refractivity contribution is 5.59. The van der Waals surface area contributed by atoms with E-state index in [9.17, 15) is 0 Å². The Labute approximate surface area is 159 Å². The van der Waals surface area contributed by atoms with E-state index < -0.39 is 0 Å². The molecule has 2 aromatic carbocycles. The Kier molecular flexibility index (Phi) is 5.07. The van der Waals surface area contributed by atoms with Gasteiger partial charge in [-0.1, -0.05) is 35.5 Å². The number of aryl methyl sites for hydroxylation is 1. The predicted octanol–water partition coefficient (Wildman–Crippen LogP) is 3.38. The lowest BCUT2D eigenvalue weighted by molar-refractivity contribution is 0.215. The van der Waals surface area contributed by atoms with Crippen LogP contribution in [0.15, 0.2) is 53.1 Å². The van der Waals surface area contributed by atoms with Crippen molar-refractivity contribution in [3.8, 4) is 17.1 Å². The third kappa shape index (κ3) is 3.95. The molecule has 0 unspecified atom stereocenters. The third-order valence-corrected chi connectivity index (χ3v) is 5.00. The molecule has 1 aliphatic heterocycles. The molecular weight excluding hydrogens is 340 g/mol. The normalized spacial score (nSPS) is 15.1. The van der Waals surface area contributed by atoms with Crippen LogP contribution in [-0.2, 0) is 6.54 Å². The first-order valence-electron chi connectivity index (χ1n) is 9.23. The maximum atomic E-state index is 5.49. The molecule has 2 heterocycles. The van der Waals surface area contributed by atoms with Gasteiger partial charge in [0.25, 0.3) is 0 Å². The lowest BCUT2D eigenvalue weighted by atomic mass is 10.1. The number of anilines is 1. The van der Waals surface area contributed by atoms with E-state index in [1.54, 1.807) is 7.11 Å². The fourth-order valence-corrected chi connectivity index (χ4v) is 3.41. The highest BCUT2D eigenvalue weighted by atomic mass is 16.5. The largest absolute Gasteiger partial charge is 0.497 e. The van der Waals surface area contributed by atoms with Crippen molar-refractivity contribution < 1.29 is 9.26 Å². The van der Waals surface area contributed by atoms with Gasteiger partial charge in [0.1, 0.15) is 5.75 Å². The summed E-state index contributed by atoms with van der Waals surface area (Å²) in [6.07, 6.45) is 0. The summed E-state index contributed by atoms with van der Waals surface area (Å²) >= 11 is 0.